The van der Waals surface area contributed by atoms with E-state index in [1.54, 1.807) is 13.8 Å². The minimum Gasteiger partial charge on any atom is -0.287 e. The Morgan fingerprint density at radius 3 is 2.16 bits per heavy atom. The third-order valence-electron chi connectivity index (χ3n) is 3.63. The van der Waals surface area contributed by atoms with Crippen LogP contribution in [0.25, 0.3) is 16.7 Å². The van der Waals surface area contributed by atoms with E-state index < -0.39 is 7.82 Å². The normalized spacial score (nSPS) is 12.4. The molecule has 2 aromatic rings. The first-order chi connectivity index (χ1) is 12.1. The summed E-state index contributed by atoms with van der Waals surface area (Å²) in [7, 11) is -3.48. The number of rotatable bonds is 9. The van der Waals surface area contributed by atoms with Crippen LogP contribution in [0.5, 0.6) is 0 Å². The molecule has 0 spiro atoms. The Hall–Kier alpha value is -1.71. The number of hydrogen-bond donors (Lipinski definition) is 0. The summed E-state index contributed by atoms with van der Waals surface area (Å²) in [4.78, 5) is 0. The van der Waals surface area contributed by atoms with Crippen molar-refractivity contribution in [3.05, 3.63) is 66.2 Å². The summed E-state index contributed by atoms with van der Waals surface area (Å²) >= 11 is 0. The van der Waals surface area contributed by atoms with Gasteiger partial charge in [0, 0.05) is 0 Å². The van der Waals surface area contributed by atoms with E-state index in [0.717, 1.165) is 22.3 Å². The van der Waals surface area contributed by atoms with Gasteiger partial charge in [0.1, 0.15) is 0 Å². The number of benzene rings is 2. The van der Waals surface area contributed by atoms with E-state index in [4.69, 9.17) is 13.6 Å². The van der Waals surface area contributed by atoms with Crippen LogP contribution < -0.4 is 0 Å². The molecule has 0 saturated heterocycles. The Labute approximate surface area is 150 Å². The highest BCUT2D eigenvalue weighted by molar-refractivity contribution is 7.48. The second kappa shape index (κ2) is 9.69. The molecule has 0 aliphatic heterocycles. The zero-order valence-electron chi connectivity index (χ0n) is 15.0. The molecule has 2 aromatic carbocycles. The second-order valence-corrected chi connectivity index (χ2v) is 7.05. The molecule has 0 amide bonds. The third-order valence-corrected chi connectivity index (χ3v) is 5.25. The first kappa shape index (κ1) is 19.6. The van der Waals surface area contributed by atoms with Crippen LogP contribution in [0.1, 0.15) is 26.3 Å². The average molecular weight is 360 g/mol. The lowest BCUT2D eigenvalue weighted by Gasteiger charge is -2.16. The van der Waals surface area contributed by atoms with Crippen molar-refractivity contribution in [1.82, 2.24) is 0 Å². The van der Waals surface area contributed by atoms with Gasteiger partial charge in [-0.15, -0.1) is 0 Å². The lowest BCUT2D eigenvalue weighted by Crippen LogP contribution is -2.00. The Bertz CT molecular complexity index is 730. The summed E-state index contributed by atoms with van der Waals surface area (Å²) in [5.74, 6) is 0. The molecule has 0 radical (unpaired) electrons. The highest BCUT2D eigenvalue weighted by Crippen LogP contribution is 2.49. The molecule has 0 aliphatic rings. The average Bonchev–Trinajstić information content (AvgIpc) is 2.63. The topological polar surface area (TPSA) is 44.8 Å². The van der Waals surface area contributed by atoms with Gasteiger partial charge in [-0.3, -0.25) is 13.6 Å². The summed E-state index contributed by atoms with van der Waals surface area (Å²) in [6.07, 6.45) is 1.90. The molecular formula is C20H25O4P. The highest BCUT2D eigenvalue weighted by Gasteiger charge is 2.24. The molecular weight excluding hydrogens is 335 g/mol. The van der Waals surface area contributed by atoms with Crippen molar-refractivity contribution in [2.24, 2.45) is 0 Å². The van der Waals surface area contributed by atoms with Crippen LogP contribution >= 0.6 is 7.82 Å². The van der Waals surface area contributed by atoms with Crippen LogP contribution in [0.15, 0.2) is 60.7 Å². The quantitative estimate of drug-likeness (QED) is 0.518. The summed E-state index contributed by atoms with van der Waals surface area (Å²) in [6.45, 7) is 6.23. The largest absolute Gasteiger partial charge is 0.475 e. The summed E-state index contributed by atoms with van der Waals surface area (Å²) in [5.41, 5.74) is 4.45. The summed E-state index contributed by atoms with van der Waals surface area (Å²) in [5, 5.41) is 0. The van der Waals surface area contributed by atoms with E-state index in [0.29, 0.717) is 0 Å². The maximum Gasteiger partial charge on any atom is 0.475 e. The molecule has 0 aliphatic carbocycles. The van der Waals surface area contributed by atoms with Crippen molar-refractivity contribution in [2.75, 3.05) is 19.8 Å². The molecule has 0 atom stereocenters. The van der Waals surface area contributed by atoms with Crippen molar-refractivity contribution in [3.8, 4) is 11.1 Å². The predicted octanol–water partition coefficient (Wildman–Crippen LogP) is 5.95. The maximum absolute atomic E-state index is 12.3. The number of hydrogen-bond acceptors (Lipinski definition) is 4. The maximum atomic E-state index is 12.3. The van der Waals surface area contributed by atoms with E-state index in [9.17, 15) is 4.57 Å². The monoisotopic (exact) mass is 360 g/mol. The van der Waals surface area contributed by atoms with Crippen molar-refractivity contribution in [1.29, 1.82) is 0 Å². The molecule has 25 heavy (non-hydrogen) atoms. The van der Waals surface area contributed by atoms with E-state index >= 15 is 0 Å². The summed E-state index contributed by atoms with van der Waals surface area (Å²) in [6, 6.07) is 18.4. The fourth-order valence-corrected chi connectivity index (χ4v) is 3.60. The Morgan fingerprint density at radius 1 is 0.920 bits per heavy atom. The minimum absolute atomic E-state index is 0.159. The number of phosphoric acid groups is 1. The van der Waals surface area contributed by atoms with E-state index in [1.165, 1.54) is 0 Å². The molecule has 134 valence electrons. The molecule has 0 aromatic heterocycles. The van der Waals surface area contributed by atoms with Gasteiger partial charge in [-0.25, -0.2) is 4.57 Å². The van der Waals surface area contributed by atoms with Gasteiger partial charge in [0.15, 0.2) is 0 Å². The first-order valence-electron chi connectivity index (χ1n) is 8.45. The molecule has 0 N–H and O–H groups in total. The molecule has 0 fully saturated rings. The van der Waals surface area contributed by atoms with Crippen LogP contribution in [0, 0.1) is 0 Å². The van der Waals surface area contributed by atoms with E-state index in [2.05, 4.69) is 24.3 Å². The zero-order chi connectivity index (χ0) is 18.1. The molecule has 5 heteroatoms. The third kappa shape index (κ3) is 5.65. The molecule has 0 saturated carbocycles. The van der Waals surface area contributed by atoms with E-state index in [-0.39, 0.29) is 19.8 Å². The molecule has 2 rings (SSSR count). The molecule has 4 nitrogen and oxygen atoms in total. The fraction of sp³-hybridized carbons (Fsp3) is 0.300. The first-order valence-corrected chi connectivity index (χ1v) is 9.91. The van der Waals surface area contributed by atoms with Crippen molar-refractivity contribution < 1.29 is 18.1 Å². The predicted molar refractivity (Wildman–Crippen MR) is 102 cm³/mol. The smallest absolute Gasteiger partial charge is 0.287 e. The van der Waals surface area contributed by atoms with Gasteiger partial charge in [-0.05, 0) is 43.0 Å². The van der Waals surface area contributed by atoms with Gasteiger partial charge in [0.25, 0.3) is 0 Å². The van der Waals surface area contributed by atoms with Crippen LogP contribution in [0.2, 0.25) is 0 Å². The highest BCUT2D eigenvalue weighted by atomic mass is 31.2. The lowest BCUT2D eigenvalue weighted by molar-refractivity contribution is 0.131. The number of allylic oxidation sites excluding steroid dienone is 1. The van der Waals surface area contributed by atoms with Crippen molar-refractivity contribution >= 4 is 13.4 Å². The van der Waals surface area contributed by atoms with Gasteiger partial charge in [-0.1, -0.05) is 60.7 Å². The standard InChI is InChI=1S/C20H25O4P/c1-4-22-25(21,23-5-2)24-16-15-17(3)19-13-9-10-14-20(19)18-11-7-6-8-12-18/h6-15H,4-5,16H2,1-3H3/b17-15+. The Kier molecular flexibility index (Phi) is 7.60. The van der Waals surface area contributed by atoms with Crippen molar-refractivity contribution in [2.45, 2.75) is 20.8 Å². The van der Waals surface area contributed by atoms with Gasteiger partial charge >= 0.3 is 7.82 Å². The van der Waals surface area contributed by atoms with Gasteiger partial charge in [0.2, 0.25) is 0 Å². The van der Waals surface area contributed by atoms with Gasteiger partial charge in [-0.2, -0.15) is 0 Å². The van der Waals surface area contributed by atoms with Crippen LogP contribution in [0.3, 0.4) is 0 Å². The van der Waals surface area contributed by atoms with Crippen LogP contribution in [-0.4, -0.2) is 19.8 Å². The van der Waals surface area contributed by atoms with Crippen LogP contribution in [-0.2, 0) is 18.1 Å². The van der Waals surface area contributed by atoms with Crippen molar-refractivity contribution in [3.63, 3.8) is 0 Å². The SMILES string of the molecule is CCOP(=O)(OCC)OC/C=C(\C)c1ccccc1-c1ccccc1. The van der Waals surface area contributed by atoms with E-state index in [1.807, 2.05) is 43.3 Å². The lowest BCUT2D eigenvalue weighted by atomic mass is 9.95. The van der Waals surface area contributed by atoms with Gasteiger partial charge < -0.3 is 0 Å². The molecule has 0 unspecified atom stereocenters. The Morgan fingerprint density at radius 2 is 1.52 bits per heavy atom. The minimum atomic E-state index is -3.48. The second-order valence-electron chi connectivity index (χ2n) is 5.38. The Balaban J connectivity index is 2.17. The fourth-order valence-electron chi connectivity index (χ4n) is 2.49. The van der Waals surface area contributed by atoms with Gasteiger partial charge in [0.05, 0.1) is 19.8 Å². The summed E-state index contributed by atoms with van der Waals surface area (Å²) < 4.78 is 28.0. The molecule has 0 bridgehead atoms. The van der Waals surface area contributed by atoms with Crippen LogP contribution in [0.4, 0.5) is 0 Å². The molecule has 0 heterocycles. The number of phosphoric ester groups is 1. The zero-order valence-corrected chi connectivity index (χ0v) is 15.9.